The van der Waals surface area contributed by atoms with Crippen LogP contribution >= 0.6 is 11.5 Å². The number of ether oxygens (including phenoxy) is 1. The summed E-state index contributed by atoms with van der Waals surface area (Å²) in [6.45, 7) is 12.3. The van der Waals surface area contributed by atoms with Gasteiger partial charge < -0.3 is 10.1 Å². The third kappa shape index (κ3) is 5.73. The highest BCUT2D eigenvalue weighted by Gasteiger charge is 2.27. The smallest absolute Gasteiger partial charge is 0.407 e. The quantitative estimate of drug-likeness (QED) is 0.892. The van der Waals surface area contributed by atoms with Crippen LogP contribution in [-0.2, 0) is 11.3 Å². The molecule has 0 radical (unpaired) electrons. The number of likely N-dealkylation sites (tertiary alicyclic amines) is 1. The normalized spacial score (nSPS) is 19.3. The first-order chi connectivity index (χ1) is 10.7. The summed E-state index contributed by atoms with van der Waals surface area (Å²) >= 11 is 1.48. The lowest BCUT2D eigenvalue weighted by molar-refractivity contribution is 0.0512. The minimum Gasteiger partial charge on any atom is -0.444 e. The Morgan fingerprint density at radius 2 is 2.22 bits per heavy atom. The van der Waals surface area contributed by atoms with Gasteiger partial charge in [-0.05, 0) is 51.7 Å². The van der Waals surface area contributed by atoms with Gasteiger partial charge in [-0.25, -0.2) is 9.78 Å². The molecule has 2 heterocycles. The van der Waals surface area contributed by atoms with Crippen molar-refractivity contribution in [3.8, 4) is 0 Å². The monoisotopic (exact) mass is 340 g/mol. The molecule has 1 amide bonds. The van der Waals surface area contributed by atoms with E-state index in [1.165, 1.54) is 11.5 Å². The summed E-state index contributed by atoms with van der Waals surface area (Å²) in [5.74, 6) is 1.29. The Kier molecular flexibility index (Phi) is 5.97. The molecule has 0 bridgehead atoms. The average Bonchev–Trinajstić information content (AvgIpc) is 3.04. The van der Waals surface area contributed by atoms with Crippen molar-refractivity contribution in [2.24, 2.45) is 0 Å². The molecule has 1 aliphatic heterocycles. The van der Waals surface area contributed by atoms with Gasteiger partial charge in [-0.3, -0.25) is 4.90 Å². The molecule has 6 nitrogen and oxygen atoms in total. The molecule has 1 saturated heterocycles. The Labute approximate surface area is 142 Å². The van der Waals surface area contributed by atoms with Crippen LogP contribution in [0.2, 0.25) is 0 Å². The van der Waals surface area contributed by atoms with Crippen LogP contribution < -0.4 is 5.32 Å². The number of amides is 1. The van der Waals surface area contributed by atoms with Gasteiger partial charge in [0.2, 0.25) is 0 Å². The first-order valence-electron chi connectivity index (χ1n) is 8.28. The lowest BCUT2D eigenvalue weighted by Crippen LogP contribution is -2.41. The molecule has 1 N–H and O–H groups in total. The molecule has 2 rings (SSSR count). The second kappa shape index (κ2) is 7.57. The van der Waals surface area contributed by atoms with Gasteiger partial charge in [0.1, 0.15) is 16.4 Å². The van der Waals surface area contributed by atoms with Crippen molar-refractivity contribution in [1.82, 2.24) is 19.6 Å². The van der Waals surface area contributed by atoms with Crippen molar-refractivity contribution in [2.75, 3.05) is 13.1 Å². The maximum atomic E-state index is 11.8. The van der Waals surface area contributed by atoms with Crippen LogP contribution in [0.3, 0.4) is 0 Å². The first kappa shape index (κ1) is 18.1. The zero-order valence-electron chi connectivity index (χ0n) is 14.8. The Hall–Kier alpha value is -1.21. The molecule has 7 heteroatoms. The highest BCUT2D eigenvalue weighted by Crippen LogP contribution is 2.22. The first-order valence-corrected chi connectivity index (χ1v) is 9.05. The summed E-state index contributed by atoms with van der Waals surface area (Å²) in [4.78, 5) is 18.8. The predicted octanol–water partition coefficient (Wildman–Crippen LogP) is 3.15. The number of alkyl carbamates (subject to hydrolysis) is 1. The molecule has 0 aromatic carbocycles. The number of hydrogen-bond donors (Lipinski definition) is 1. The van der Waals surface area contributed by atoms with Crippen LogP contribution in [0.5, 0.6) is 0 Å². The lowest BCUT2D eigenvalue weighted by Gasteiger charge is -2.25. The fourth-order valence-electron chi connectivity index (χ4n) is 2.59. The Morgan fingerprint density at radius 3 is 2.83 bits per heavy atom. The van der Waals surface area contributed by atoms with Gasteiger partial charge >= 0.3 is 6.09 Å². The van der Waals surface area contributed by atoms with Crippen LogP contribution in [0.15, 0.2) is 0 Å². The number of nitrogens with one attached hydrogen (secondary N) is 1. The molecule has 1 fully saturated rings. The largest absolute Gasteiger partial charge is 0.444 e. The predicted molar refractivity (Wildman–Crippen MR) is 91.7 cm³/mol. The molecular weight excluding hydrogens is 312 g/mol. The van der Waals surface area contributed by atoms with Crippen LogP contribution in [0.4, 0.5) is 4.79 Å². The minimum absolute atomic E-state index is 0.342. The molecule has 0 saturated carbocycles. The van der Waals surface area contributed by atoms with Crippen molar-refractivity contribution in [3.05, 3.63) is 10.8 Å². The van der Waals surface area contributed by atoms with Crippen molar-refractivity contribution < 1.29 is 9.53 Å². The fraction of sp³-hybridized carbons (Fsp3) is 0.812. The molecule has 0 aliphatic carbocycles. The van der Waals surface area contributed by atoms with E-state index in [0.29, 0.717) is 18.5 Å². The van der Waals surface area contributed by atoms with Crippen molar-refractivity contribution in [2.45, 2.75) is 71.6 Å². The van der Waals surface area contributed by atoms with Crippen molar-refractivity contribution in [1.29, 1.82) is 0 Å². The zero-order valence-corrected chi connectivity index (χ0v) is 15.6. The van der Waals surface area contributed by atoms with E-state index in [4.69, 9.17) is 4.74 Å². The van der Waals surface area contributed by atoms with Gasteiger partial charge in [-0.15, -0.1) is 0 Å². The van der Waals surface area contributed by atoms with E-state index in [9.17, 15) is 4.79 Å². The molecule has 1 unspecified atom stereocenters. The third-order valence-corrected chi connectivity index (χ3v) is 4.43. The molecule has 130 valence electrons. The van der Waals surface area contributed by atoms with Gasteiger partial charge in [0.25, 0.3) is 0 Å². The molecule has 0 spiro atoms. The summed E-state index contributed by atoms with van der Waals surface area (Å²) in [6.07, 6.45) is 1.89. The summed E-state index contributed by atoms with van der Waals surface area (Å²) in [6, 6.07) is 0.342. The summed E-state index contributed by atoms with van der Waals surface area (Å²) in [5, 5.41) is 3.94. The van der Waals surface area contributed by atoms with Crippen molar-refractivity contribution >= 4 is 17.6 Å². The summed E-state index contributed by atoms with van der Waals surface area (Å²) in [5.41, 5.74) is -0.459. The minimum atomic E-state index is -0.459. The van der Waals surface area contributed by atoms with Crippen molar-refractivity contribution in [3.63, 3.8) is 0 Å². The number of hydrogen-bond acceptors (Lipinski definition) is 6. The van der Waals surface area contributed by atoms with Gasteiger partial charge in [0.05, 0.1) is 6.54 Å². The highest BCUT2D eigenvalue weighted by molar-refractivity contribution is 7.05. The maximum absolute atomic E-state index is 11.8. The van der Waals surface area contributed by atoms with E-state index in [1.807, 2.05) is 20.8 Å². The Balaban J connectivity index is 1.84. The van der Waals surface area contributed by atoms with Crippen LogP contribution in [-0.4, -0.2) is 45.1 Å². The second-order valence-electron chi connectivity index (χ2n) is 7.35. The van der Waals surface area contributed by atoms with Crippen LogP contribution in [0.25, 0.3) is 0 Å². The van der Waals surface area contributed by atoms with E-state index in [0.717, 1.165) is 36.8 Å². The third-order valence-electron chi connectivity index (χ3n) is 3.72. The second-order valence-corrected chi connectivity index (χ2v) is 8.19. The average molecular weight is 340 g/mol. The molecule has 1 aromatic heterocycles. The Bertz CT molecular complexity index is 524. The van der Waals surface area contributed by atoms with Gasteiger partial charge in [-0.1, -0.05) is 13.8 Å². The zero-order chi connectivity index (χ0) is 17.0. The van der Waals surface area contributed by atoms with Gasteiger partial charge in [-0.2, -0.15) is 4.37 Å². The molecular formula is C16H28N4O2S. The number of nitrogens with zero attached hydrogens (tertiary/aromatic N) is 3. The highest BCUT2D eigenvalue weighted by atomic mass is 32.1. The molecule has 1 aliphatic rings. The van der Waals surface area contributed by atoms with E-state index < -0.39 is 5.60 Å². The van der Waals surface area contributed by atoms with Crippen LogP contribution in [0, 0.1) is 0 Å². The summed E-state index contributed by atoms with van der Waals surface area (Å²) < 4.78 is 9.70. The standard InChI is InChI=1S/C16H28N4O2S/c1-11(2)14-18-13(23-19-14)10-20-8-6-7-12(20)9-17-15(21)22-16(3,4)5/h11-12H,6-10H2,1-5H3,(H,17,21). The Morgan fingerprint density at radius 1 is 1.48 bits per heavy atom. The van der Waals surface area contributed by atoms with Gasteiger partial charge in [0, 0.05) is 18.5 Å². The van der Waals surface area contributed by atoms with Crippen LogP contribution in [0.1, 0.15) is 64.2 Å². The fourth-order valence-corrected chi connectivity index (χ4v) is 3.40. The molecule has 1 atom stereocenters. The topological polar surface area (TPSA) is 67.4 Å². The number of carbonyl (C=O) groups is 1. The van der Waals surface area contributed by atoms with E-state index >= 15 is 0 Å². The van der Waals surface area contributed by atoms with E-state index in [2.05, 4.69) is 33.4 Å². The van der Waals surface area contributed by atoms with E-state index in [-0.39, 0.29) is 6.09 Å². The number of aromatic nitrogens is 2. The number of rotatable bonds is 5. The lowest BCUT2D eigenvalue weighted by atomic mass is 10.2. The number of carbonyl (C=O) groups excluding carboxylic acids is 1. The molecule has 23 heavy (non-hydrogen) atoms. The maximum Gasteiger partial charge on any atom is 0.407 e. The van der Waals surface area contributed by atoms with E-state index in [1.54, 1.807) is 0 Å². The SMILES string of the molecule is CC(C)c1nsc(CN2CCCC2CNC(=O)OC(C)(C)C)n1. The molecule has 1 aromatic rings. The summed E-state index contributed by atoms with van der Waals surface area (Å²) in [7, 11) is 0. The van der Waals surface area contributed by atoms with Gasteiger partial charge in [0.15, 0.2) is 0 Å².